The molecule has 0 saturated carbocycles. The van der Waals surface area contributed by atoms with Crippen LogP contribution in [0.1, 0.15) is 61.6 Å². The van der Waals surface area contributed by atoms with Gasteiger partial charge in [0.1, 0.15) is 0 Å². The van der Waals surface area contributed by atoms with Crippen molar-refractivity contribution in [1.82, 2.24) is 9.97 Å². The van der Waals surface area contributed by atoms with Crippen LogP contribution in [0, 0.1) is 5.92 Å². The first-order valence-corrected chi connectivity index (χ1v) is 15.5. The van der Waals surface area contributed by atoms with E-state index in [-0.39, 0.29) is 6.04 Å². The van der Waals surface area contributed by atoms with Crippen LogP contribution in [0.3, 0.4) is 0 Å². The van der Waals surface area contributed by atoms with Crippen LogP contribution in [0.4, 0.5) is 5.95 Å². The van der Waals surface area contributed by atoms with E-state index < -0.39 is 0 Å². The number of allylic oxidation sites excluding steroid dienone is 6. The number of anilines is 1. The van der Waals surface area contributed by atoms with Gasteiger partial charge in [-0.3, -0.25) is 0 Å². The van der Waals surface area contributed by atoms with Gasteiger partial charge in [0.15, 0.2) is 0 Å². The quantitative estimate of drug-likeness (QED) is 0.314. The highest BCUT2D eigenvalue weighted by Gasteiger charge is 2.53. The van der Waals surface area contributed by atoms with Crippen LogP contribution < -0.4 is 4.90 Å². The third-order valence-electron chi connectivity index (χ3n) is 9.79. The summed E-state index contributed by atoms with van der Waals surface area (Å²) in [5.41, 5.74) is 10.3. The number of para-hydroxylation sites is 1. The summed E-state index contributed by atoms with van der Waals surface area (Å²) in [5, 5.41) is 1.59. The maximum atomic E-state index is 5.47. The first-order valence-electron chi connectivity index (χ1n) is 14.6. The van der Waals surface area contributed by atoms with Crippen LogP contribution >= 0.6 is 11.8 Å². The zero-order valence-corrected chi connectivity index (χ0v) is 22.8. The van der Waals surface area contributed by atoms with E-state index in [0.29, 0.717) is 23.0 Å². The van der Waals surface area contributed by atoms with Crippen molar-refractivity contribution in [3.8, 4) is 0 Å². The minimum atomic E-state index is 0.231. The SMILES string of the molecule is C1=CC2C3=C(C4Sc5ccccc5C4C4=C3CCCC4)N(c3nc(C4CC=CC4)c4ccccc4n3)C2C=C1. The molecule has 4 unspecified atom stereocenters. The third-order valence-corrected chi connectivity index (χ3v) is 11.2. The fourth-order valence-electron chi connectivity index (χ4n) is 8.18. The van der Waals surface area contributed by atoms with Crippen molar-refractivity contribution in [2.24, 2.45) is 5.92 Å². The maximum absolute atomic E-state index is 5.47. The van der Waals surface area contributed by atoms with Crippen LogP contribution in [-0.2, 0) is 0 Å². The minimum absolute atomic E-state index is 0.231. The van der Waals surface area contributed by atoms with Gasteiger partial charge in [0, 0.05) is 33.7 Å². The molecule has 0 spiro atoms. The molecular weight excluding hydrogens is 494 g/mol. The van der Waals surface area contributed by atoms with Crippen molar-refractivity contribution in [2.75, 3.05) is 4.90 Å². The number of nitrogens with zero attached hydrogens (tertiary/aromatic N) is 3. The summed E-state index contributed by atoms with van der Waals surface area (Å²) in [6.07, 6.45) is 21.2. The molecule has 4 heteroatoms. The zero-order valence-electron chi connectivity index (χ0n) is 22.0. The average molecular weight is 526 g/mol. The fourth-order valence-corrected chi connectivity index (χ4v) is 9.74. The number of hydrogen-bond donors (Lipinski definition) is 0. The molecule has 0 amide bonds. The Kier molecular flexibility index (Phi) is 4.93. The van der Waals surface area contributed by atoms with Crippen LogP contribution in [0.25, 0.3) is 10.9 Å². The minimum Gasteiger partial charge on any atom is -0.305 e. The molecule has 3 heterocycles. The largest absolute Gasteiger partial charge is 0.305 e. The van der Waals surface area contributed by atoms with Gasteiger partial charge >= 0.3 is 0 Å². The van der Waals surface area contributed by atoms with Crippen molar-refractivity contribution in [3.63, 3.8) is 0 Å². The van der Waals surface area contributed by atoms with E-state index in [1.165, 1.54) is 52.9 Å². The summed E-state index contributed by atoms with van der Waals surface area (Å²) in [7, 11) is 0. The molecule has 3 nitrogen and oxygen atoms in total. The second-order valence-electron chi connectivity index (χ2n) is 11.8. The molecule has 1 aromatic heterocycles. The first-order chi connectivity index (χ1) is 19.4. The van der Waals surface area contributed by atoms with Gasteiger partial charge in [-0.15, -0.1) is 11.8 Å². The fraction of sp³-hybridized carbons (Fsp3) is 0.314. The number of benzene rings is 2. The molecule has 6 aliphatic rings. The highest BCUT2D eigenvalue weighted by Crippen LogP contribution is 2.62. The molecule has 0 bridgehead atoms. The van der Waals surface area contributed by atoms with Gasteiger partial charge in [-0.05, 0) is 67.4 Å². The van der Waals surface area contributed by atoms with Gasteiger partial charge in [0.25, 0.3) is 0 Å². The van der Waals surface area contributed by atoms with Gasteiger partial charge in [0.2, 0.25) is 5.95 Å². The average Bonchev–Trinajstić information content (AvgIpc) is 3.73. The standard InChI is InChI=1S/C35H31N3S/c1-2-12-21(11-1)32-24-15-5-8-18-27(24)36-35(37-32)38-28-19-9-6-16-25(28)30-22-13-3-4-14-23(22)31-26-17-7-10-20-29(26)39-34(31)33(30)38/h1-2,5-10,15-21,25,28,31,34H,3-4,11-14H2. The summed E-state index contributed by atoms with van der Waals surface area (Å²) >= 11 is 2.08. The molecule has 0 fully saturated rings. The van der Waals surface area contributed by atoms with E-state index in [0.717, 1.165) is 24.3 Å². The Hall–Kier alpha value is -3.37. The first kappa shape index (κ1) is 22.4. The van der Waals surface area contributed by atoms with Crippen LogP contribution in [-0.4, -0.2) is 21.3 Å². The molecule has 3 aromatic rings. The lowest BCUT2D eigenvalue weighted by atomic mass is 9.70. The Labute approximate surface area is 234 Å². The highest BCUT2D eigenvalue weighted by atomic mass is 32.2. The lowest BCUT2D eigenvalue weighted by molar-refractivity contribution is 0.599. The van der Waals surface area contributed by atoms with E-state index in [2.05, 4.69) is 102 Å². The van der Waals surface area contributed by atoms with Gasteiger partial charge in [-0.1, -0.05) is 78.4 Å². The third kappa shape index (κ3) is 3.18. The van der Waals surface area contributed by atoms with Crippen molar-refractivity contribution in [2.45, 2.75) is 66.5 Å². The number of aromatic nitrogens is 2. The Bertz CT molecular complexity index is 1680. The molecule has 2 aromatic carbocycles. The predicted molar refractivity (Wildman–Crippen MR) is 160 cm³/mol. The number of fused-ring (bicyclic) bond motifs is 9. The Morgan fingerprint density at radius 1 is 0.846 bits per heavy atom. The Morgan fingerprint density at radius 2 is 1.67 bits per heavy atom. The second kappa shape index (κ2) is 8.56. The number of rotatable bonds is 2. The van der Waals surface area contributed by atoms with Crippen LogP contribution in [0.5, 0.6) is 0 Å². The maximum Gasteiger partial charge on any atom is 0.231 e. The summed E-state index contributed by atoms with van der Waals surface area (Å²) in [6, 6.07) is 18.1. The van der Waals surface area contributed by atoms with Gasteiger partial charge in [-0.2, -0.15) is 0 Å². The van der Waals surface area contributed by atoms with E-state index >= 15 is 0 Å². The van der Waals surface area contributed by atoms with Gasteiger partial charge in [0.05, 0.1) is 22.5 Å². The molecule has 9 rings (SSSR count). The van der Waals surface area contributed by atoms with E-state index in [4.69, 9.17) is 9.97 Å². The highest BCUT2D eigenvalue weighted by molar-refractivity contribution is 8.00. The predicted octanol–water partition coefficient (Wildman–Crippen LogP) is 8.39. The van der Waals surface area contributed by atoms with E-state index in [1.807, 2.05) is 0 Å². The molecule has 192 valence electrons. The van der Waals surface area contributed by atoms with E-state index in [9.17, 15) is 0 Å². The second-order valence-corrected chi connectivity index (χ2v) is 13.0. The lowest BCUT2D eigenvalue weighted by Crippen LogP contribution is -2.38. The molecule has 4 aliphatic carbocycles. The molecule has 4 atom stereocenters. The molecule has 0 saturated heterocycles. The summed E-state index contributed by atoms with van der Waals surface area (Å²) in [5.74, 6) is 2.16. The molecule has 0 N–H and O–H groups in total. The smallest absolute Gasteiger partial charge is 0.231 e. The Balaban J connectivity index is 1.29. The van der Waals surface area contributed by atoms with Crippen LogP contribution in [0.15, 0.2) is 112 Å². The molecule has 0 radical (unpaired) electrons. The number of hydrogen-bond acceptors (Lipinski definition) is 4. The number of thioether (sulfide) groups is 1. The van der Waals surface area contributed by atoms with Crippen LogP contribution in [0.2, 0.25) is 0 Å². The summed E-state index contributed by atoms with van der Waals surface area (Å²) in [4.78, 5) is 14.8. The normalized spacial score (nSPS) is 28.7. The Morgan fingerprint density at radius 3 is 2.62 bits per heavy atom. The monoisotopic (exact) mass is 525 g/mol. The molecule has 2 aliphatic heterocycles. The summed E-state index contributed by atoms with van der Waals surface area (Å²) in [6.45, 7) is 0. The van der Waals surface area contributed by atoms with Crippen molar-refractivity contribution >= 4 is 28.6 Å². The molecule has 39 heavy (non-hydrogen) atoms. The van der Waals surface area contributed by atoms with Crippen molar-refractivity contribution < 1.29 is 0 Å². The van der Waals surface area contributed by atoms with Crippen molar-refractivity contribution in [3.05, 3.63) is 119 Å². The lowest BCUT2D eigenvalue weighted by Gasteiger charge is -2.38. The zero-order chi connectivity index (χ0) is 25.5. The van der Waals surface area contributed by atoms with E-state index in [1.54, 1.807) is 16.7 Å². The van der Waals surface area contributed by atoms with Crippen molar-refractivity contribution in [1.29, 1.82) is 0 Å². The topological polar surface area (TPSA) is 29.0 Å². The van der Waals surface area contributed by atoms with Gasteiger partial charge < -0.3 is 4.90 Å². The molecular formula is C35H31N3S. The van der Waals surface area contributed by atoms with Gasteiger partial charge in [-0.25, -0.2) is 9.97 Å². The summed E-state index contributed by atoms with van der Waals surface area (Å²) < 4.78 is 0.